The Bertz CT molecular complexity index is 652. The van der Waals surface area contributed by atoms with E-state index < -0.39 is 0 Å². The molecule has 0 unspecified atom stereocenters. The van der Waals surface area contributed by atoms with Crippen LogP contribution in [0.4, 0.5) is 0 Å². The molecule has 2 rings (SSSR count). The van der Waals surface area contributed by atoms with E-state index in [0.29, 0.717) is 23.7 Å². The highest BCUT2D eigenvalue weighted by molar-refractivity contribution is 6.31. The molecule has 1 heterocycles. The first-order valence-electron chi connectivity index (χ1n) is 6.85. The van der Waals surface area contributed by atoms with E-state index >= 15 is 0 Å². The minimum Gasteiger partial charge on any atom is -0.459 e. The average molecular weight is 322 g/mol. The van der Waals surface area contributed by atoms with Crippen LogP contribution in [-0.2, 0) is 4.79 Å². The highest BCUT2D eigenvalue weighted by Gasteiger charge is 2.09. The maximum absolute atomic E-state index is 11.7. The molecule has 22 heavy (non-hydrogen) atoms. The van der Waals surface area contributed by atoms with Crippen molar-refractivity contribution in [3.8, 4) is 5.75 Å². The minimum atomic E-state index is -0.353. The van der Waals surface area contributed by atoms with Gasteiger partial charge in [0.2, 0.25) is 0 Å². The van der Waals surface area contributed by atoms with Gasteiger partial charge in [0.05, 0.1) is 6.26 Å². The van der Waals surface area contributed by atoms with E-state index in [9.17, 15) is 9.59 Å². The lowest BCUT2D eigenvalue weighted by atomic mass is 10.2. The molecule has 6 heteroatoms. The van der Waals surface area contributed by atoms with Crippen molar-refractivity contribution in [2.24, 2.45) is 0 Å². The van der Waals surface area contributed by atoms with E-state index in [0.717, 1.165) is 5.56 Å². The Labute approximate surface area is 133 Å². The van der Waals surface area contributed by atoms with Crippen LogP contribution in [0.25, 0.3) is 0 Å². The summed E-state index contributed by atoms with van der Waals surface area (Å²) in [7, 11) is 0. The van der Waals surface area contributed by atoms with Crippen LogP contribution in [0.15, 0.2) is 41.0 Å². The number of esters is 1. The van der Waals surface area contributed by atoms with Gasteiger partial charge in [0, 0.05) is 18.0 Å². The number of amides is 1. The first-order chi connectivity index (χ1) is 10.6. The van der Waals surface area contributed by atoms with Crippen molar-refractivity contribution in [1.29, 1.82) is 0 Å². The Morgan fingerprint density at radius 3 is 2.82 bits per heavy atom. The molecule has 0 spiro atoms. The monoisotopic (exact) mass is 321 g/mol. The van der Waals surface area contributed by atoms with Crippen LogP contribution in [0.3, 0.4) is 0 Å². The standard InChI is InChI=1S/C16H16ClNO4/c1-11-10-12(6-7-13(11)17)22-15(19)5-2-8-18-16(20)14-4-3-9-21-14/h3-4,6-7,9-10H,2,5,8H2,1H3,(H,18,20). The molecule has 0 radical (unpaired) electrons. The van der Waals surface area contributed by atoms with Crippen molar-refractivity contribution < 1.29 is 18.7 Å². The molecular weight excluding hydrogens is 306 g/mol. The Hall–Kier alpha value is -2.27. The summed E-state index contributed by atoms with van der Waals surface area (Å²) in [6.07, 6.45) is 2.12. The van der Waals surface area contributed by atoms with Crippen LogP contribution in [0.5, 0.6) is 5.75 Å². The summed E-state index contributed by atoms with van der Waals surface area (Å²) in [5.74, 6) is 0.0615. The van der Waals surface area contributed by atoms with Crippen molar-refractivity contribution in [2.45, 2.75) is 19.8 Å². The summed E-state index contributed by atoms with van der Waals surface area (Å²) >= 11 is 5.90. The summed E-state index contributed by atoms with van der Waals surface area (Å²) in [6.45, 7) is 2.21. The number of carbonyl (C=O) groups excluding carboxylic acids is 2. The highest BCUT2D eigenvalue weighted by atomic mass is 35.5. The van der Waals surface area contributed by atoms with Crippen molar-refractivity contribution in [3.05, 3.63) is 52.9 Å². The van der Waals surface area contributed by atoms with Crippen molar-refractivity contribution in [3.63, 3.8) is 0 Å². The predicted octanol–water partition coefficient (Wildman–Crippen LogP) is 3.36. The molecule has 1 aromatic carbocycles. The van der Waals surface area contributed by atoms with Gasteiger partial charge in [0.15, 0.2) is 5.76 Å². The predicted molar refractivity (Wildman–Crippen MR) is 82.1 cm³/mol. The zero-order chi connectivity index (χ0) is 15.9. The number of carbonyl (C=O) groups is 2. The van der Waals surface area contributed by atoms with E-state index in [-0.39, 0.29) is 24.1 Å². The highest BCUT2D eigenvalue weighted by Crippen LogP contribution is 2.21. The van der Waals surface area contributed by atoms with Gasteiger partial charge in [-0.1, -0.05) is 11.6 Å². The third-order valence-corrected chi connectivity index (χ3v) is 3.37. The number of benzene rings is 1. The van der Waals surface area contributed by atoms with Gasteiger partial charge in [-0.3, -0.25) is 9.59 Å². The quantitative estimate of drug-likeness (QED) is 0.503. The lowest BCUT2D eigenvalue weighted by Crippen LogP contribution is -2.24. The molecule has 0 bridgehead atoms. The number of furan rings is 1. The maximum Gasteiger partial charge on any atom is 0.311 e. The van der Waals surface area contributed by atoms with E-state index in [1.807, 2.05) is 6.92 Å². The zero-order valence-electron chi connectivity index (χ0n) is 12.1. The molecular formula is C16H16ClNO4. The van der Waals surface area contributed by atoms with Crippen molar-refractivity contribution >= 4 is 23.5 Å². The molecule has 116 valence electrons. The fraction of sp³-hybridized carbons (Fsp3) is 0.250. The Morgan fingerprint density at radius 2 is 2.14 bits per heavy atom. The van der Waals surface area contributed by atoms with E-state index in [1.165, 1.54) is 6.26 Å². The first kappa shape index (κ1) is 16.1. The van der Waals surface area contributed by atoms with Gasteiger partial charge in [0.25, 0.3) is 5.91 Å². The smallest absolute Gasteiger partial charge is 0.311 e. The molecule has 0 aliphatic heterocycles. The fourth-order valence-electron chi connectivity index (χ4n) is 1.79. The number of rotatable bonds is 6. The largest absolute Gasteiger partial charge is 0.459 e. The summed E-state index contributed by atoms with van der Waals surface area (Å²) in [4.78, 5) is 23.3. The van der Waals surface area contributed by atoms with Crippen LogP contribution >= 0.6 is 11.6 Å². The third-order valence-electron chi connectivity index (χ3n) is 2.95. The van der Waals surface area contributed by atoms with Crippen LogP contribution < -0.4 is 10.1 Å². The van der Waals surface area contributed by atoms with Gasteiger partial charge in [-0.15, -0.1) is 0 Å². The molecule has 0 aliphatic carbocycles. The lowest BCUT2D eigenvalue weighted by molar-refractivity contribution is -0.134. The van der Waals surface area contributed by atoms with Gasteiger partial charge in [-0.2, -0.15) is 0 Å². The van der Waals surface area contributed by atoms with E-state index in [4.69, 9.17) is 20.8 Å². The van der Waals surface area contributed by atoms with Gasteiger partial charge in [-0.25, -0.2) is 0 Å². The van der Waals surface area contributed by atoms with Gasteiger partial charge in [-0.05, 0) is 49.2 Å². The number of ether oxygens (including phenoxy) is 1. The van der Waals surface area contributed by atoms with E-state index in [2.05, 4.69) is 5.32 Å². The van der Waals surface area contributed by atoms with Gasteiger partial charge < -0.3 is 14.5 Å². The number of hydrogen-bond acceptors (Lipinski definition) is 4. The van der Waals surface area contributed by atoms with Crippen LogP contribution in [0.2, 0.25) is 5.02 Å². The molecule has 1 aromatic heterocycles. The summed E-state index contributed by atoms with van der Waals surface area (Å²) < 4.78 is 10.2. The molecule has 0 saturated carbocycles. The average Bonchev–Trinajstić information content (AvgIpc) is 3.01. The number of halogens is 1. The second-order valence-corrected chi connectivity index (χ2v) is 5.13. The van der Waals surface area contributed by atoms with E-state index in [1.54, 1.807) is 30.3 Å². The molecule has 1 N–H and O–H groups in total. The molecule has 2 aromatic rings. The minimum absolute atomic E-state index is 0.208. The summed E-state index contributed by atoms with van der Waals surface area (Å²) in [6, 6.07) is 8.25. The van der Waals surface area contributed by atoms with Crippen molar-refractivity contribution in [1.82, 2.24) is 5.32 Å². The van der Waals surface area contributed by atoms with Gasteiger partial charge >= 0.3 is 5.97 Å². The Morgan fingerprint density at radius 1 is 1.32 bits per heavy atom. The molecule has 0 fully saturated rings. The van der Waals surface area contributed by atoms with Crippen LogP contribution in [0, 0.1) is 6.92 Å². The molecule has 0 atom stereocenters. The second kappa shape index (κ2) is 7.66. The Kier molecular flexibility index (Phi) is 5.61. The molecule has 1 amide bonds. The van der Waals surface area contributed by atoms with Gasteiger partial charge in [0.1, 0.15) is 5.75 Å². The van der Waals surface area contributed by atoms with Crippen LogP contribution in [-0.4, -0.2) is 18.4 Å². The summed E-state index contributed by atoms with van der Waals surface area (Å²) in [5, 5.41) is 3.29. The molecule has 0 saturated heterocycles. The zero-order valence-corrected chi connectivity index (χ0v) is 12.9. The number of hydrogen-bond donors (Lipinski definition) is 1. The number of aryl methyl sites for hydroxylation is 1. The Balaban J connectivity index is 1.69. The molecule has 5 nitrogen and oxygen atoms in total. The SMILES string of the molecule is Cc1cc(OC(=O)CCCNC(=O)c2ccco2)ccc1Cl. The first-order valence-corrected chi connectivity index (χ1v) is 7.22. The van der Waals surface area contributed by atoms with Crippen LogP contribution in [0.1, 0.15) is 29.0 Å². The van der Waals surface area contributed by atoms with Crippen molar-refractivity contribution in [2.75, 3.05) is 6.54 Å². The second-order valence-electron chi connectivity index (χ2n) is 4.72. The normalized spacial score (nSPS) is 10.3. The summed E-state index contributed by atoms with van der Waals surface area (Å²) in [5.41, 5.74) is 0.845. The topological polar surface area (TPSA) is 68.5 Å². The molecule has 0 aliphatic rings. The number of nitrogens with one attached hydrogen (secondary N) is 1. The maximum atomic E-state index is 11.7. The lowest BCUT2D eigenvalue weighted by Gasteiger charge is -2.06. The third kappa shape index (κ3) is 4.63. The fourth-order valence-corrected chi connectivity index (χ4v) is 1.91.